The van der Waals surface area contributed by atoms with Crippen LogP contribution in [-0.2, 0) is 23.8 Å². The minimum absolute atomic E-state index is 0.169. The van der Waals surface area contributed by atoms with Gasteiger partial charge in [0.15, 0.2) is 12.2 Å². The van der Waals surface area contributed by atoms with Gasteiger partial charge in [0.2, 0.25) is 0 Å². The molecule has 0 aliphatic heterocycles. The van der Waals surface area contributed by atoms with Crippen LogP contribution in [0.5, 0.6) is 11.5 Å². The van der Waals surface area contributed by atoms with Gasteiger partial charge >= 0.3 is 11.9 Å². The Morgan fingerprint density at radius 1 is 0.393 bits per heavy atom. The molecule has 4 atom stereocenters. The summed E-state index contributed by atoms with van der Waals surface area (Å²) < 4.78 is 19.0. The lowest BCUT2D eigenvalue weighted by atomic mass is 10.0. The Balaban J connectivity index is 0.00000143. The Morgan fingerprint density at radius 3 is 0.984 bits per heavy atom. The molecule has 7 heteroatoms. The number of ether oxygens (including phenoxy) is 3. The molecule has 3 aromatic carbocycles. The van der Waals surface area contributed by atoms with Gasteiger partial charge in [-0.05, 0) is 73.9 Å². The van der Waals surface area contributed by atoms with Crippen molar-refractivity contribution in [3.05, 3.63) is 96.1 Å². The molecule has 2 N–H and O–H groups in total. The minimum atomic E-state index is -1.05. The smallest absolute Gasteiger partial charge is 0.340 e. The molecular weight excluding hydrogens is 761 g/mol. The maximum absolute atomic E-state index is 14.0. The van der Waals surface area contributed by atoms with Gasteiger partial charge in [-0.1, -0.05) is 217 Å². The lowest BCUT2D eigenvalue weighted by molar-refractivity contribution is -0.180. The molecule has 0 spiro atoms. The number of hydrogen-bond acceptors (Lipinski definition) is 7. The lowest BCUT2D eigenvalue weighted by Gasteiger charge is -2.27. The van der Waals surface area contributed by atoms with Crippen LogP contribution in [0.25, 0.3) is 0 Å². The number of phenols is 2. The Bertz CT molecular complexity index is 1350. The van der Waals surface area contributed by atoms with Gasteiger partial charge in [0, 0.05) is 0 Å². The van der Waals surface area contributed by atoms with Gasteiger partial charge in [0.05, 0.1) is 0 Å². The lowest BCUT2D eigenvalue weighted by Crippen LogP contribution is -2.30. The number of benzene rings is 3. The first kappa shape index (κ1) is 53.3. The summed E-state index contributed by atoms with van der Waals surface area (Å²) >= 11 is 0. The summed E-state index contributed by atoms with van der Waals surface area (Å²) in [7, 11) is 0. The SMILES string of the molecule is CCCCCCCCCCCCC(CCC)OC(=O)C(OC(C(=O)OC(CCC)CCCCCCCCCCCC)c1ccccc1)c1ccccc1.Oc1ccc(O)cc1. The van der Waals surface area contributed by atoms with Crippen molar-refractivity contribution in [2.45, 2.75) is 219 Å². The third kappa shape index (κ3) is 25.6. The van der Waals surface area contributed by atoms with Crippen LogP contribution in [0.4, 0.5) is 0 Å². The van der Waals surface area contributed by atoms with E-state index in [0.29, 0.717) is 11.1 Å². The number of carbonyl (C=O) groups excluding carboxylic acids is 2. The summed E-state index contributed by atoms with van der Waals surface area (Å²) in [5.74, 6) is -0.539. The molecule has 0 aromatic heterocycles. The van der Waals surface area contributed by atoms with E-state index in [1.807, 2.05) is 60.7 Å². The molecule has 0 aliphatic rings. The number of rotatable bonds is 34. The molecule has 0 saturated carbocycles. The fourth-order valence-corrected chi connectivity index (χ4v) is 7.72. The molecule has 0 aliphatic carbocycles. The van der Waals surface area contributed by atoms with Crippen LogP contribution in [0.2, 0.25) is 0 Å². The minimum Gasteiger partial charge on any atom is -0.508 e. The van der Waals surface area contributed by atoms with E-state index < -0.39 is 24.1 Å². The van der Waals surface area contributed by atoms with E-state index in [9.17, 15) is 9.59 Å². The predicted octanol–water partition coefficient (Wildman–Crippen LogP) is 15.6. The molecule has 0 amide bonds. The molecule has 7 nitrogen and oxygen atoms in total. The van der Waals surface area contributed by atoms with Crippen LogP contribution in [-0.4, -0.2) is 34.4 Å². The van der Waals surface area contributed by atoms with Gasteiger partial charge in [-0.25, -0.2) is 9.59 Å². The molecule has 0 bridgehead atoms. The van der Waals surface area contributed by atoms with Gasteiger partial charge in [-0.15, -0.1) is 0 Å². The van der Waals surface area contributed by atoms with Crippen molar-refractivity contribution in [2.75, 3.05) is 0 Å². The van der Waals surface area contributed by atoms with E-state index in [0.717, 1.165) is 64.2 Å². The number of unbranched alkanes of at least 4 members (excludes halogenated alkanes) is 18. The molecular formula is C54H84O7. The molecule has 0 fully saturated rings. The van der Waals surface area contributed by atoms with Crippen molar-refractivity contribution < 1.29 is 34.0 Å². The third-order valence-electron chi connectivity index (χ3n) is 11.3. The summed E-state index contributed by atoms with van der Waals surface area (Å²) in [6.07, 6.45) is 28.2. The monoisotopic (exact) mass is 845 g/mol. The molecule has 4 unspecified atom stereocenters. The second-order valence-corrected chi connectivity index (χ2v) is 16.9. The third-order valence-corrected chi connectivity index (χ3v) is 11.3. The molecule has 3 rings (SSSR count). The standard InChI is InChI=1S/C48H78O5.C6H6O2/c1-5-9-11-13-15-17-19-21-23-31-39-43(33-7-3)51-47(49)45(41-35-27-25-28-36-41)53-46(42-37-29-26-30-38-42)48(50)52-44(34-8-4)40-32-24-22-20-18-16-14-12-10-6-2;7-5-1-2-6(8)4-3-5/h25-30,35-38,43-46H,5-24,31-34,39-40H2,1-4H3;1-4,7-8H. The topological polar surface area (TPSA) is 102 Å². The summed E-state index contributed by atoms with van der Waals surface area (Å²) in [6.45, 7) is 8.79. The first-order chi connectivity index (χ1) is 29.8. The van der Waals surface area contributed by atoms with Crippen LogP contribution >= 0.6 is 0 Å². The Labute approximate surface area is 371 Å². The van der Waals surface area contributed by atoms with Gasteiger partial charge < -0.3 is 24.4 Å². The van der Waals surface area contributed by atoms with Crippen molar-refractivity contribution in [3.8, 4) is 11.5 Å². The average Bonchev–Trinajstić information content (AvgIpc) is 3.27. The van der Waals surface area contributed by atoms with Gasteiger partial charge in [0.1, 0.15) is 23.7 Å². The van der Waals surface area contributed by atoms with E-state index in [1.54, 1.807) is 0 Å². The normalized spacial score (nSPS) is 13.0. The summed E-state index contributed by atoms with van der Waals surface area (Å²) in [6, 6.07) is 24.6. The molecule has 3 aromatic rings. The fraction of sp³-hybridized carbons (Fsp3) is 0.630. The predicted molar refractivity (Wildman–Crippen MR) is 252 cm³/mol. The molecule has 0 radical (unpaired) electrons. The highest BCUT2D eigenvalue weighted by atomic mass is 16.6. The molecule has 342 valence electrons. The quantitative estimate of drug-likeness (QED) is 0.0351. The zero-order chi connectivity index (χ0) is 44.2. The van der Waals surface area contributed by atoms with Crippen molar-refractivity contribution in [3.63, 3.8) is 0 Å². The second kappa shape index (κ2) is 35.7. The van der Waals surface area contributed by atoms with Crippen LogP contribution in [0.1, 0.15) is 218 Å². The highest BCUT2D eigenvalue weighted by Crippen LogP contribution is 2.31. The van der Waals surface area contributed by atoms with Crippen LogP contribution in [0, 0.1) is 0 Å². The number of phenolic OH excluding ortho intramolecular Hbond substituents is 2. The van der Waals surface area contributed by atoms with Crippen molar-refractivity contribution in [1.29, 1.82) is 0 Å². The zero-order valence-corrected chi connectivity index (χ0v) is 38.7. The largest absolute Gasteiger partial charge is 0.508 e. The van der Waals surface area contributed by atoms with E-state index in [2.05, 4.69) is 27.7 Å². The number of hydrogen-bond donors (Lipinski definition) is 2. The maximum Gasteiger partial charge on any atom is 0.340 e. The van der Waals surface area contributed by atoms with Gasteiger partial charge in [0.25, 0.3) is 0 Å². The van der Waals surface area contributed by atoms with Crippen molar-refractivity contribution >= 4 is 11.9 Å². The Kier molecular flexibility index (Phi) is 31.2. The van der Waals surface area contributed by atoms with E-state index >= 15 is 0 Å². The number of aromatic hydroxyl groups is 2. The highest BCUT2D eigenvalue weighted by molar-refractivity contribution is 5.80. The summed E-state index contributed by atoms with van der Waals surface area (Å²) in [5, 5.41) is 17.3. The summed E-state index contributed by atoms with van der Waals surface area (Å²) in [5.41, 5.74) is 1.35. The van der Waals surface area contributed by atoms with Crippen molar-refractivity contribution in [2.24, 2.45) is 0 Å². The zero-order valence-electron chi connectivity index (χ0n) is 38.7. The average molecular weight is 845 g/mol. The number of esters is 2. The van der Waals surface area contributed by atoms with Gasteiger partial charge in [-0.2, -0.15) is 0 Å². The van der Waals surface area contributed by atoms with Crippen molar-refractivity contribution in [1.82, 2.24) is 0 Å². The first-order valence-electron chi connectivity index (χ1n) is 24.5. The Hall–Kier alpha value is -3.84. The van der Waals surface area contributed by atoms with E-state index in [4.69, 9.17) is 24.4 Å². The maximum atomic E-state index is 14.0. The van der Waals surface area contributed by atoms with Gasteiger partial charge in [-0.3, -0.25) is 0 Å². The summed E-state index contributed by atoms with van der Waals surface area (Å²) in [4.78, 5) is 28.1. The molecule has 0 heterocycles. The Morgan fingerprint density at radius 2 is 0.689 bits per heavy atom. The van der Waals surface area contributed by atoms with Crippen LogP contribution in [0.15, 0.2) is 84.9 Å². The highest BCUT2D eigenvalue weighted by Gasteiger charge is 2.34. The van der Waals surface area contributed by atoms with Crippen LogP contribution in [0.3, 0.4) is 0 Å². The number of carbonyl (C=O) groups is 2. The van der Waals surface area contributed by atoms with E-state index in [-0.39, 0.29) is 23.7 Å². The first-order valence-corrected chi connectivity index (χ1v) is 24.5. The molecule has 61 heavy (non-hydrogen) atoms. The second-order valence-electron chi connectivity index (χ2n) is 16.9. The van der Waals surface area contributed by atoms with E-state index in [1.165, 1.54) is 127 Å². The van der Waals surface area contributed by atoms with Crippen LogP contribution < -0.4 is 0 Å². The fourth-order valence-electron chi connectivity index (χ4n) is 7.72. The molecule has 0 saturated heterocycles.